The molecule has 2 unspecified atom stereocenters. The summed E-state index contributed by atoms with van der Waals surface area (Å²) in [6.45, 7) is 5.98. The molecule has 0 aromatic heterocycles. The summed E-state index contributed by atoms with van der Waals surface area (Å²) in [6, 6.07) is -0.695. The predicted octanol–water partition coefficient (Wildman–Crippen LogP) is 2.13. The minimum Gasteiger partial charge on any atom is -0.480 e. The zero-order valence-electron chi connectivity index (χ0n) is 11.2. The highest BCUT2D eigenvalue weighted by atomic mass is 16.4. The van der Waals surface area contributed by atoms with Crippen molar-refractivity contribution in [2.45, 2.75) is 52.5 Å². The van der Waals surface area contributed by atoms with Gasteiger partial charge in [0.15, 0.2) is 0 Å². The van der Waals surface area contributed by atoms with E-state index in [9.17, 15) is 9.59 Å². The number of rotatable bonds is 4. The molecule has 0 saturated heterocycles. The third-order valence-corrected chi connectivity index (χ3v) is 4.04. The second-order valence-electron chi connectivity index (χ2n) is 5.64. The highest BCUT2D eigenvalue weighted by Gasteiger charge is 2.42. The Hall–Kier alpha value is -1.06. The van der Waals surface area contributed by atoms with Crippen LogP contribution in [-0.4, -0.2) is 35.0 Å². The first-order valence-corrected chi connectivity index (χ1v) is 6.30. The first-order chi connectivity index (χ1) is 7.81. The van der Waals surface area contributed by atoms with Gasteiger partial charge in [0.1, 0.15) is 6.04 Å². The maximum Gasteiger partial charge on any atom is 0.326 e. The number of likely N-dealkylation sites (N-methyl/N-ethyl adjacent to an activating group) is 1. The SMILES string of the molecule is CCC(C(=O)O)N(C)C(=O)C1CCCC1(C)C. The number of carboxylic acids is 1. The lowest BCUT2D eigenvalue weighted by Crippen LogP contribution is -2.46. The van der Waals surface area contributed by atoms with Crippen LogP contribution in [-0.2, 0) is 9.59 Å². The van der Waals surface area contributed by atoms with Gasteiger partial charge in [-0.1, -0.05) is 27.2 Å². The van der Waals surface area contributed by atoms with Crippen LogP contribution in [0.4, 0.5) is 0 Å². The molecule has 1 aliphatic rings. The van der Waals surface area contributed by atoms with Gasteiger partial charge < -0.3 is 10.0 Å². The van der Waals surface area contributed by atoms with Crippen LogP contribution in [0, 0.1) is 11.3 Å². The van der Waals surface area contributed by atoms with Crippen molar-refractivity contribution in [3.63, 3.8) is 0 Å². The number of amides is 1. The molecule has 4 heteroatoms. The second-order valence-corrected chi connectivity index (χ2v) is 5.64. The molecule has 1 N–H and O–H groups in total. The van der Waals surface area contributed by atoms with Crippen molar-refractivity contribution in [1.82, 2.24) is 4.90 Å². The Morgan fingerprint density at radius 1 is 1.47 bits per heavy atom. The van der Waals surface area contributed by atoms with E-state index in [1.54, 1.807) is 14.0 Å². The van der Waals surface area contributed by atoms with Gasteiger partial charge in [-0.3, -0.25) is 4.79 Å². The summed E-state index contributed by atoms with van der Waals surface area (Å²) >= 11 is 0. The molecule has 0 aromatic carbocycles. The van der Waals surface area contributed by atoms with E-state index < -0.39 is 12.0 Å². The molecule has 98 valence electrons. The van der Waals surface area contributed by atoms with Gasteiger partial charge in [-0.05, 0) is 24.7 Å². The quantitative estimate of drug-likeness (QED) is 0.820. The lowest BCUT2D eigenvalue weighted by Gasteiger charge is -2.32. The van der Waals surface area contributed by atoms with Gasteiger partial charge in [-0.25, -0.2) is 4.79 Å². The zero-order valence-corrected chi connectivity index (χ0v) is 11.2. The van der Waals surface area contributed by atoms with Crippen LogP contribution in [0.3, 0.4) is 0 Å². The molecule has 0 heterocycles. The summed E-state index contributed by atoms with van der Waals surface area (Å²) in [5.41, 5.74) is 0.00212. The molecular weight excluding hydrogens is 218 g/mol. The highest BCUT2D eigenvalue weighted by molar-refractivity contribution is 5.85. The lowest BCUT2D eigenvalue weighted by molar-refractivity contribution is -0.152. The average molecular weight is 241 g/mol. The number of carboxylic acid groups (broad SMARTS) is 1. The van der Waals surface area contributed by atoms with Crippen LogP contribution in [0.15, 0.2) is 0 Å². The summed E-state index contributed by atoms with van der Waals surface area (Å²) in [5.74, 6) is -0.957. The molecule has 1 fully saturated rings. The minimum atomic E-state index is -0.917. The lowest BCUT2D eigenvalue weighted by atomic mass is 9.81. The van der Waals surface area contributed by atoms with E-state index >= 15 is 0 Å². The molecular formula is C13H23NO3. The van der Waals surface area contributed by atoms with E-state index in [-0.39, 0.29) is 17.2 Å². The molecule has 17 heavy (non-hydrogen) atoms. The molecule has 1 rings (SSSR count). The predicted molar refractivity (Wildman–Crippen MR) is 65.6 cm³/mol. The number of hydrogen-bond acceptors (Lipinski definition) is 2. The normalized spacial score (nSPS) is 24.4. The maximum absolute atomic E-state index is 12.3. The average Bonchev–Trinajstić information content (AvgIpc) is 2.57. The van der Waals surface area contributed by atoms with E-state index in [0.717, 1.165) is 19.3 Å². The number of carbonyl (C=O) groups excluding carboxylic acids is 1. The molecule has 0 aliphatic heterocycles. The van der Waals surface area contributed by atoms with E-state index in [2.05, 4.69) is 13.8 Å². The minimum absolute atomic E-state index is 0.00212. The van der Waals surface area contributed by atoms with Gasteiger partial charge >= 0.3 is 5.97 Å². The molecule has 4 nitrogen and oxygen atoms in total. The van der Waals surface area contributed by atoms with Crippen molar-refractivity contribution in [2.24, 2.45) is 11.3 Å². The van der Waals surface area contributed by atoms with Gasteiger partial charge in [0.05, 0.1) is 0 Å². The monoisotopic (exact) mass is 241 g/mol. The second kappa shape index (κ2) is 5.07. The molecule has 1 saturated carbocycles. The van der Waals surface area contributed by atoms with Crippen LogP contribution in [0.25, 0.3) is 0 Å². The Morgan fingerprint density at radius 3 is 2.41 bits per heavy atom. The summed E-state index contributed by atoms with van der Waals surface area (Å²) in [5, 5.41) is 9.07. The third-order valence-electron chi connectivity index (χ3n) is 4.04. The third kappa shape index (κ3) is 2.79. The summed E-state index contributed by atoms with van der Waals surface area (Å²) in [7, 11) is 1.61. The van der Waals surface area contributed by atoms with Crippen molar-refractivity contribution in [2.75, 3.05) is 7.05 Å². The Bertz CT molecular complexity index is 312. The van der Waals surface area contributed by atoms with Gasteiger partial charge in [0, 0.05) is 13.0 Å². The topological polar surface area (TPSA) is 57.6 Å². The Balaban J connectivity index is 2.79. The number of hydrogen-bond donors (Lipinski definition) is 1. The maximum atomic E-state index is 12.3. The van der Waals surface area contributed by atoms with Crippen molar-refractivity contribution in [3.05, 3.63) is 0 Å². The van der Waals surface area contributed by atoms with E-state index in [0.29, 0.717) is 6.42 Å². The molecule has 2 atom stereocenters. The fraction of sp³-hybridized carbons (Fsp3) is 0.846. The van der Waals surface area contributed by atoms with E-state index in [4.69, 9.17) is 5.11 Å². The van der Waals surface area contributed by atoms with E-state index in [1.807, 2.05) is 0 Å². The number of carbonyl (C=O) groups is 2. The fourth-order valence-corrected chi connectivity index (χ4v) is 2.80. The summed E-state index contributed by atoms with van der Waals surface area (Å²) in [6.07, 6.45) is 3.43. The van der Waals surface area contributed by atoms with Crippen molar-refractivity contribution in [1.29, 1.82) is 0 Å². The standard InChI is InChI=1S/C13H23NO3/c1-5-10(12(16)17)14(4)11(15)9-7-6-8-13(9,2)3/h9-10H,5-8H2,1-4H3,(H,16,17). The smallest absolute Gasteiger partial charge is 0.326 e. The molecule has 1 aliphatic carbocycles. The van der Waals surface area contributed by atoms with Crippen molar-refractivity contribution in [3.8, 4) is 0 Å². The van der Waals surface area contributed by atoms with Crippen molar-refractivity contribution >= 4 is 11.9 Å². The Kier molecular flexibility index (Phi) is 4.17. The van der Waals surface area contributed by atoms with Crippen LogP contribution < -0.4 is 0 Å². The first-order valence-electron chi connectivity index (χ1n) is 6.30. The van der Waals surface area contributed by atoms with Crippen LogP contribution >= 0.6 is 0 Å². The van der Waals surface area contributed by atoms with Gasteiger partial charge in [-0.15, -0.1) is 0 Å². The summed E-state index contributed by atoms with van der Waals surface area (Å²) < 4.78 is 0. The molecule has 0 aromatic rings. The van der Waals surface area contributed by atoms with Gasteiger partial charge in [0.2, 0.25) is 5.91 Å². The van der Waals surface area contributed by atoms with Crippen LogP contribution in [0.1, 0.15) is 46.5 Å². The van der Waals surface area contributed by atoms with Crippen molar-refractivity contribution < 1.29 is 14.7 Å². The molecule has 0 radical (unpaired) electrons. The molecule has 0 spiro atoms. The largest absolute Gasteiger partial charge is 0.480 e. The van der Waals surface area contributed by atoms with Gasteiger partial charge in [0.25, 0.3) is 0 Å². The number of aliphatic carboxylic acids is 1. The first kappa shape index (κ1) is 14.0. The Labute approximate surface area is 103 Å². The van der Waals surface area contributed by atoms with Gasteiger partial charge in [-0.2, -0.15) is 0 Å². The molecule has 0 bridgehead atoms. The van der Waals surface area contributed by atoms with Crippen LogP contribution in [0.5, 0.6) is 0 Å². The summed E-state index contributed by atoms with van der Waals surface area (Å²) in [4.78, 5) is 24.8. The van der Waals surface area contributed by atoms with E-state index in [1.165, 1.54) is 4.90 Å². The molecule has 1 amide bonds. The van der Waals surface area contributed by atoms with Crippen LogP contribution in [0.2, 0.25) is 0 Å². The highest BCUT2D eigenvalue weighted by Crippen LogP contribution is 2.43. The Morgan fingerprint density at radius 2 is 2.06 bits per heavy atom. The number of nitrogens with zero attached hydrogens (tertiary/aromatic N) is 1. The fourth-order valence-electron chi connectivity index (χ4n) is 2.80. The zero-order chi connectivity index (χ0) is 13.2.